The molecule has 0 radical (unpaired) electrons. The minimum Gasteiger partial charge on any atom is -0.480 e. The van der Waals surface area contributed by atoms with Crippen LogP contribution in [0.25, 0.3) is 0 Å². The molecule has 2 aliphatic heterocycles. The summed E-state index contributed by atoms with van der Waals surface area (Å²) < 4.78 is 0. The number of hydrogen-bond acceptors (Lipinski definition) is 3. The molecule has 0 aromatic carbocycles. The van der Waals surface area contributed by atoms with Crippen LogP contribution in [-0.4, -0.2) is 58.5 Å². The SMILES string of the molecule is C#CCC(=O)N1CCC(N2CCCC2C(=O)O)CC1. The predicted molar refractivity (Wildman–Crippen MR) is 70.4 cm³/mol. The third-order valence-corrected chi connectivity index (χ3v) is 4.12. The van der Waals surface area contributed by atoms with Gasteiger partial charge in [-0.25, -0.2) is 0 Å². The van der Waals surface area contributed by atoms with Crippen molar-refractivity contribution in [2.75, 3.05) is 19.6 Å². The van der Waals surface area contributed by atoms with Gasteiger partial charge in [-0.3, -0.25) is 14.5 Å². The maximum atomic E-state index is 11.7. The molecule has 2 aliphatic rings. The van der Waals surface area contributed by atoms with Gasteiger partial charge in [0, 0.05) is 19.1 Å². The zero-order chi connectivity index (χ0) is 13.8. The Hall–Kier alpha value is -1.54. The summed E-state index contributed by atoms with van der Waals surface area (Å²) in [4.78, 5) is 26.8. The van der Waals surface area contributed by atoms with Gasteiger partial charge in [0.25, 0.3) is 0 Å². The van der Waals surface area contributed by atoms with E-state index in [4.69, 9.17) is 6.42 Å². The van der Waals surface area contributed by atoms with Gasteiger partial charge in [0.1, 0.15) is 6.04 Å². The molecule has 0 aromatic rings. The highest BCUT2D eigenvalue weighted by molar-refractivity contribution is 5.78. The first-order chi connectivity index (χ1) is 9.13. The Balaban J connectivity index is 1.88. The second-order valence-corrected chi connectivity index (χ2v) is 5.23. The maximum absolute atomic E-state index is 11.7. The van der Waals surface area contributed by atoms with Gasteiger partial charge >= 0.3 is 5.97 Å². The van der Waals surface area contributed by atoms with E-state index in [0.29, 0.717) is 19.1 Å². The molecule has 5 nitrogen and oxygen atoms in total. The monoisotopic (exact) mass is 264 g/mol. The van der Waals surface area contributed by atoms with Crippen LogP contribution >= 0.6 is 0 Å². The minimum atomic E-state index is -0.719. The van der Waals surface area contributed by atoms with Crippen LogP contribution in [0, 0.1) is 12.3 Å². The Kier molecular flexibility index (Phi) is 4.43. The fourth-order valence-corrected chi connectivity index (χ4v) is 3.14. The highest BCUT2D eigenvalue weighted by Gasteiger charge is 2.36. The number of hydrogen-bond donors (Lipinski definition) is 1. The summed E-state index contributed by atoms with van der Waals surface area (Å²) in [6.07, 6.45) is 8.69. The number of carboxylic acids is 1. The van der Waals surface area contributed by atoms with Crippen LogP contribution in [-0.2, 0) is 9.59 Å². The highest BCUT2D eigenvalue weighted by Crippen LogP contribution is 2.26. The van der Waals surface area contributed by atoms with Crippen molar-refractivity contribution >= 4 is 11.9 Å². The van der Waals surface area contributed by atoms with E-state index in [1.807, 2.05) is 0 Å². The number of carbonyl (C=O) groups excluding carboxylic acids is 1. The van der Waals surface area contributed by atoms with Gasteiger partial charge in [-0.15, -0.1) is 6.42 Å². The topological polar surface area (TPSA) is 60.9 Å². The summed E-state index contributed by atoms with van der Waals surface area (Å²) in [5.74, 6) is 1.67. The van der Waals surface area contributed by atoms with Gasteiger partial charge in [-0.05, 0) is 32.2 Å². The van der Waals surface area contributed by atoms with E-state index in [2.05, 4.69) is 10.8 Å². The van der Waals surface area contributed by atoms with E-state index in [1.54, 1.807) is 4.90 Å². The van der Waals surface area contributed by atoms with Crippen molar-refractivity contribution in [3.8, 4) is 12.3 Å². The smallest absolute Gasteiger partial charge is 0.320 e. The Morgan fingerprint density at radius 2 is 1.89 bits per heavy atom. The number of terminal acetylenes is 1. The van der Waals surface area contributed by atoms with Crippen molar-refractivity contribution in [1.29, 1.82) is 0 Å². The summed E-state index contributed by atoms with van der Waals surface area (Å²) in [7, 11) is 0. The first kappa shape index (κ1) is 13.9. The summed E-state index contributed by atoms with van der Waals surface area (Å²) >= 11 is 0. The molecule has 2 heterocycles. The number of nitrogens with zero attached hydrogens (tertiary/aromatic N) is 2. The van der Waals surface area contributed by atoms with Crippen LogP contribution in [0.4, 0.5) is 0 Å². The standard InChI is InChI=1S/C14H20N2O3/c1-2-4-13(17)15-9-6-11(7-10-15)16-8-3-5-12(16)14(18)19/h1,11-12H,3-10H2,(H,18,19). The van der Waals surface area contributed by atoms with Crippen molar-refractivity contribution in [1.82, 2.24) is 9.80 Å². The van der Waals surface area contributed by atoms with Crippen molar-refractivity contribution in [3.05, 3.63) is 0 Å². The van der Waals surface area contributed by atoms with E-state index in [0.717, 1.165) is 32.2 Å². The number of rotatable bonds is 3. The molecule has 5 heteroatoms. The van der Waals surface area contributed by atoms with Gasteiger partial charge in [0.05, 0.1) is 6.42 Å². The van der Waals surface area contributed by atoms with Crippen LogP contribution < -0.4 is 0 Å². The van der Waals surface area contributed by atoms with E-state index in [-0.39, 0.29) is 18.4 Å². The molecule has 1 amide bonds. The first-order valence-electron chi connectivity index (χ1n) is 6.83. The van der Waals surface area contributed by atoms with Gasteiger partial charge < -0.3 is 10.0 Å². The van der Waals surface area contributed by atoms with Gasteiger partial charge in [0.2, 0.25) is 5.91 Å². The second kappa shape index (κ2) is 6.07. The lowest BCUT2D eigenvalue weighted by molar-refractivity contribution is -0.144. The summed E-state index contributed by atoms with van der Waals surface area (Å²) in [6.45, 7) is 2.24. The normalized spacial score (nSPS) is 25.2. The van der Waals surface area contributed by atoms with E-state index in [9.17, 15) is 14.7 Å². The molecule has 1 unspecified atom stereocenters. The number of piperidine rings is 1. The average molecular weight is 264 g/mol. The van der Waals surface area contributed by atoms with Crippen LogP contribution in [0.1, 0.15) is 32.1 Å². The van der Waals surface area contributed by atoms with E-state index in [1.165, 1.54) is 0 Å². The fourth-order valence-electron chi connectivity index (χ4n) is 3.14. The van der Waals surface area contributed by atoms with Gasteiger partial charge in [-0.2, -0.15) is 0 Å². The Labute approximate surface area is 113 Å². The molecule has 0 saturated carbocycles. The third-order valence-electron chi connectivity index (χ3n) is 4.12. The lowest BCUT2D eigenvalue weighted by Gasteiger charge is -2.38. The Bertz CT molecular complexity index is 394. The molecule has 2 fully saturated rings. The largest absolute Gasteiger partial charge is 0.480 e. The number of likely N-dealkylation sites (tertiary alicyclic amines) is 2. The molecule has 0 spiro atoms. The molecule has 1 N–H and O–H groups in total. The molecular weight excluding hydrogens is 244 g/mol. The lowest BCUT2D eigenvalue weighted by Crippen LogP contribution is -2.49. The van der Waals surface area contributed by atoms with Crippen molar-refractivity contribution in [2.24, 2.45) is 0 Å². The van der Waals surface area contributed by atoms with Crippen LogP contribution in [0.3, 0.4) is 0 Å². The predicted octanol–water partition coefficient (Wildman–Crippen LogP) is 0.550. The second-order valence-electron chi connectivity index (χ2n) is 5.23. The number of aliphatic carboxylic acids is 1. The molecule has 104 valence electrons. The molecular formula is C14H20N2O3. The summed E-state index contributed by atoms with van der Waals surface area (Å²) in [6, 6.07) is -0.0450. The fraction of sp³-hybridized carbons (Fsp3) is 0.714. The van der Waals surface area contributed by atoms with Gasteiger partial charge in [-0.1, -0.05) is 5.92 Å². The minimum absolute atomic E-state index is 0.0113. The molecule has 0 aromatic heterocycles. The zero-order valence-electron chi connectivity index (χ0n) is 11.0. The average Bonchev–Trinajstić information content (AvgIpc) is 2.88. The number of carboxylic acid groups (broad SMARTS) is 1. The molecule has 0 bridgehead atoms. The summed E-state index contributed by atoms with van der Waals surface area (Å²) in [5, 5.41) is 9.20. The maximum Gasteiger partial charge on any atom is 0.320 e. The third kappa shape index (κ3) is 3.07. The van der Waals surface area contributed by atoms with E-state index >= 15 is 0 Å². The number of amides is 1. The van der Waals surface area contributed by atoms with Crippen LogP contribution in [0.2, 0.25) is 0 Å². The summed E-state index contributed by atoms with van der Waals surface area (Å²) in [5.41, 5.74) is 0. The first-order valence-corrected chi connectivity index (χ1v) is 6.83. The quantitative estimate of drug-likeness (QED) is 0.756. The zero-order valence-corrected chi connectivity index (χ0v) is 11.0. The molecule has 19 heavy (non-hydrogen) atoms. The number of carbonyl (C=O) groups is 2. The lowest BCUT2D eigenvalue weighted by atomic mass is 10.0. The van der Waals surface area contributed by atoms with E-state index < -0.39 is 5.97 Å². The molecule has 1 atom stereocenters. The Morgan fingerprint density at radius 1 is 1.21 bits per heavy atom. The van der Waals surface area contributed by atoms with Crippen LogP contribution in [0.5, 0.6) is 0 Å². The van der Waals surface area contributed by atoms with Crippen molar-refractivity contribution in [2.45, 2.75) is 44.2 Å². The van der Waals surface area contributed by atoms with Crippen molar-refractivity contribution in [3.63, 3.8) is 0 Å². The van der Waals surface area contributed by atoms with Crippen LogP contribution in [0.15, 0.2) is 0 Å². The molecule has 2 rings (SSSR count). The molecule has 2 saturated heterocycles. The van der Waals surface area contributed by atoms with Crippen molar-refractivity contribution < 1.29 is 14.7 Å². The highest BCUT2D eigenvalue weighted by atomic mass is 16.4. The molecule has 0 aliphatic carbocycles. The van der Waals surface area contributed by atoms with Gasteiger partial charge in [0.15, 0.2) is 0 Å². The Morgan fingerprint density at radius 3 is 2.47 bits per heavy atom.